The average molecular weight is 345 g/mol. The van der Waals surface area contributed by atoms with Gasteiger partial charge in [-0.2, -0.15) is 0 Å². The Morgan fingerprint density at radius 1 is 1.12 bits per heavy atom. The molecule has 1 aromatic carbocycles. The molecule has 5 heteroatoms. The fourth-order valence-corrected chi connectivity index (χ4v) is 2.77. The molecule has 1 N–H and O–H groups in total. The Balaban J connectivity index is 2.02. The Labute approximate surface area is 149 Å². The number of anilines is 1. The van der Waals surface area contributed by atoms with E-state index in [1.54, 1.807) is 12.1 Å². The summed E-state index contributed by atoms with van der Waals surface area (Å²) in [4.78, 5) is 25.1. The molecule has 0 heterocycles. The van der Waals surface area contributed by atoms with Crippen LogP contribution >= 0.6 is 0 Å². The molecule has 0 unspecified atom stereocenters. The number of hydrogen-bond acceptors (Lipinski definition) is 4. The number of benzene rings is 1. The maximum absolute atomic E-state index is 12.7. The van der Waals surface area contributed by atoms with Gasteiger partial charge in [-0.3, -0.25) is 9.59 Å². The summed E-state index contributed by atoms with van der Waals surface area (Å²) in [6, 6.07) is 7.23. The van der Waals surface area contributed by atoms with Gasteiger partial charge in [-0.05, 0) is 57.4 Å². The number of carbonyl (C=O) groups is 2. The predicted octanol–water partition coefficient (Wildman–Crippen LogP) is 3.95. The summed E-state index contributed by atoms with van der Waals surface area (Å²) in [5, 5.41) is 2.90. The zero-order valence-corrected chi connectivity index (χ0v) is 15.2. The minimum Gasteiger partial charge on any atom is -0.494 e. The highest BCUT2D eigenvalue weighted by Gasteiger charge is 2.35. The molecule has 3 atom stereocenters. The van der Waals surface area contributed by atoms with Crippen molar-refractivity contribution in [2.45, 2.75) is 46.1 Å². The normalized spacial score (nSPS) is 20.6. The average Bonchev–Trinajstić information content (AvgIpc) is 2.63. The zero-order chi connectivity index (χ0) is 18.2. The second-order valence-corrected chi connectivity index (χ2v) is 6.26. The third-order valence-corrected chi connectivity index (χ3v) is 4.40. The lowest BCUT2D eigenvalue weighted by Crippen LogP contribution is -2.36. The van der Waals surface area contributed by atoms with Gasteiger partial charge in [0.05, 0.1) is 24.5 Å². The van der Waals surface area contributed by atoms with Crippen LogP contribution in [0.5, 0.6) is 5.75 Å². The molecule has 0 spiro atoms. The molecule has 0 aliphatic heterocycles. The van der Waals surface area contributed by atoms with E-state index in [0.29, 0.717) is 25.1 Å². The smallest absolute Gasteiger partial charge is 0.310 e. The Hall–Kier alpha value is -2.30. The van der Waals surface area contributed by atoms with E-state index in [1.807, 2.05) is 45.1 Å². The molecule has 2 rings (SSSR count). The Bertz CT molecular complexity index is 609. The molecular weight excluding hydrogens is 318 g/mol. The van der Waals surface area contributed by atoms with E-state index in [0.717, 1.165) is 12.2 Å². The third kappa shape index (κ3) is 5.34. The largest absolute Gasteiger partial charge is 0.494 e. The van der Waals surface area contributed by atoms with Crippen molar-refractivity contribution in [2.75, 3.05) is 11.9 Å². The van der Waals surface area contributed by atoms with Gasteiger partial charge in [0.2, 0.25) is 5.91 Å². The van der Waals surface area contributed by atoms with Crippen LogP contribution in [0, 0.1) is 11.8 Å². The monoisotopic (exact) mass is 345 g/mol. The van der Waals surface area contributed by atoms with E-state index in [9.17, 15) is 9.59 Å². The van der Waals surface area contributed by atoms with Crippen LogP contribution in [-0.4, -0.2) is 24.6 Å². The van der Waals surface area contributed by atoms with Gasteiger partial charge in [-0.1, -0.05) is 19.1 Å². The van der Waals surface area contributed by atoms with Gasteiger partial charge in [0.15, 0.2) is 0 Å². The van der Waals surface area contributed by atoms with Gasteiger partial charge in [-0.25, -0.2) is 0 Å². The number of allylic oxidation sites excluding steroid dienone is 2. The highest BCUT2D eigenvalue weighted by atomic mass is 16.5. The Morgan fingerprint density at radius 2 is 1.76 bits per heavy atom. The van der Waals surface area contributed by atoms with Crippen molar-refractivity contribution in [2.24, 2.45) is 11.8 Å². The molecule has 1 aliphatic rings. The van der Waals surface area contributed by atoms with Crippen molar-refractivity contribution < 1.29 is 19.1 Å². The van der Waals surface area contributed by atoms with E-state index >= 15 is 0 Å². The second kappa shape index (κ2) is 9.25. The van der Waals surface area contributed by atoms with E-state index < -0.39 is 11.8 Å². The zero-order valence-electron chi connectivity index (χ0n) is 15.2. The van der Waals surface area contributed by atoms with Crippen molar-refractivity contribution in [3.63, 3.8) is 0 Å². The van der Waals surface area contributed by atoms with Gasteiger partial charge in [0, 0.05) is 5.69 Å². The van der Waals surface area contributed by atoms with E-state index in [1.165, 1.54) is 0 Å². The number of esters is 1. The number of ether oxygens (including phenoxy) is 2. The molecule has 0 aromatic heterocycles. The van der Waals surface area contributed by atoms with Crippen LogP contribution in [0.4, 0.5) is 5.69 Å². The second-order valence-electron chi connectivity index (χ2n) is 6.26. The topological polar surface area (TPSA) is 64.6 Å². The van der Waals surface area contributed by atoms with E-state index in [2.05, 4.69) is 5.32 Å². The van der Waals surface area contributed by atoms with E-state index in [4.69, 9.17) is 9.47 Å². The molecule has 0 fully saturated rings. The lowest BCUT2D eigenvalue weighted by Gasteiger charge is -2.27. The fourth-order valence-electron chi connectivity index (χ4n) is 2.77. The standard InChI is InChI=1S/C20H27NO4/c1-4-14(3)25-20(23)18-9-7-6-8-17(18)19(22)21-15-10-12-16(13-11-15)24-5-2/h6-7,10-14,17-18H,4-5,8-9H2,1-3H3,(H,21,22)/t14-,17-,18-/m1/s1. The van der Waals surface area contributed by atoms with Crippen LogP contribution < -0.4 is 10.1 Å². The summed E-state index contributed by atoms with van der Waals surface area (Å²) >= 11 is 0. The summed E-state index contributed by atoms with van der Waals surface area (Å²) in [5.74, 6) is -0.518. The van der Waals surface area contributed by atoms with Crippen molar-refractivity contribution in [3.8, 4) is 5.75 Å². The van der Waals surface area contributed by atoms with Crippen molar-refractivity contribution in [1.82, 2.24) is 0 Å². The molecule has 1 amide bonds. The maximum atomic E-state index is 12.7. The maximum Gasteiger partial charge on any atom is 0.310 e. The molecule has 1 aromatic rings. The van der Waals surface area contributed by atoms with Crippen molar-refractivity contribution >= 4 is 17.6 Å². The van der Waals surface area contributed by atoms with Crippen LogP contribution in [0.2, 0.25) is 0 Å². The van der Waals surface area contributed by atoms with Gasteiger partial charge in [0.25, 0.3) is 0 Å². The number of hydrogen-bond donors (Lipinski definition) is 1. The quantitative estimate of drug-likeness (QED) is 0.600. The summed E-state index contributed by atoms with van der Waals surface area (Å²) in [7, 11) is 0. The van der Waals surface area contributed by atoms with Crippen LogP contribution in [0.1, 0.15) is 40.0 Å². The third-order valence-electron chi connectivity index (χ3n) is 4.40. The van der Waals surface area contributed by atoms with Crippen LogP contribution in [-0.2, 0) is 14.3 Å². The fraction of sp³-hybridized carbons (Fsp3) is 0.500. The van der Waals surface area contributed by atoms with Crippen LogP contribution in [0.3, 0.4) is 0 Å². The highest BCUT2D eigenvalue weighted by Crippen LogP contribution is 2.29. The Kier molecular flexibility index (Phi) is 7.04. The number of rotatable bonds is 7. The van der Waals surface area contributed by atoms with Crippen molar-refractivity contribution in [3.05, 3.63) is 36.4 Å². The van der Waals surface area contributed by atoms with Gasteiger partial charge in [-0.15, -0.1) is 0 Å². The Morgan fingerprint density at radius 3 is 2.36 bits per heavy atom. The number of amides is 1. The summed E-state index contributed by atoms with van der Waals surface area (Å²) in [5.41, 5.74) is 0.692. The van der Waals surface area contributed by atoms with Gasteiger partial charge < -0.3 is 14.8 Å². The lowest BCUT2D eigenvalue weighted by molar-refractivity contribution is -0.157. The molecule has 25 heavy (non-hydrogen) atoms. The molecule has 0 radical (unpaired) electrons. The first-order chi connectivity index (χ1) is 12.0. The number of carbonyl (C=O) groups excluding carboxylic acids is 2. The SMILES string of the molecule is CCOc1ccc(NC(=O)[C@@H]2CC=CC[C@H]2C(=O)O[C@H](C)CC)cc1. The highest BCUT2D eigenvalue weighted by molar-refractivity contribution is 5.95. The van der Waals surface area contributed by atoms with Gasteiger partial charge in [0.1, 0.15) is 5.75 Å². The molecule has 136 valence electrons. The molecule has 0 saturated carbocycles. The summed E-state index contributed by atoms with van der Waals surface area (Å²) < 4.78 is 10.8. The first kappa shape index (κ1) is 19.0. The van der Waals surface area contributed by atoms with Gasteiger partial charge >= 0.3 is 5.97 Å². The molecule has 5 nitrogen and oxygen atoms in total. The minimum absolute atomic E-state index is 0.131. The minimum atomic E-state index is -0.429. The van der Waals surface area contributed by atoms with Crippen LogP contribution in [0.25, 0.3) is 0 Å². The predicted molar refractivity (Wildman–Crippen MR) is 97.4 cm³/mol. The van der Waals surface area contributed by atoms with E-state index in [-0.39, 0.29) is 18.0 Å². The first-order valence-electron chi connectivity index (χ1n) is 8.94. The molecule has 0 bridgehead atoms. The molecule has 1 aliphatic carbocycles. The van der Waals surface area contributed by atoms with Crippen LogP contribution in [0.15, 0.2) is 36.4 Å². The number of nitrogens with one attached hydrogen (secondary N) is 1. The molecular formula is C20H27NO4. The lowest BCUT2D eigenvalue weighted by atomic mass is 9.82. The van der Waals surface area contributed by atoms with Crippen molar-refractivity contribution in [1.29, 1.82) is 0 Å². The summed E-state index contributed by atoms with van der Waals surface area (Å²) in [6.45, 7) is 6.35. The molecule has 0 saturated heterocycles. The summed E-state index contributed by atoms with van der Waals surface area (Å²) in [6.07, 6.45) is 5.61. The first-order valence-corrected chi connectivity index (χ1v) is 8.94.